The normalized spacial score (nSPS) is 20.2. The van der Waals surface area contributed by atoms with Crippen molar-refractivity contribution in [3.63, 3.8) is 0 Å². The van der Waals surface area contributed by atoms with E-state index in [4.69, 9.17) is 0 Å². The first kappa shape index (κ1) is 17.4. The first-order chi connectivity index (χ1) is 13.1. The lowest BCUT2D eigenvalue weighted by molar-refractivity contribution is -0.120. The molecule has 5 heteroatoms. The van der Waals surface area contributed by atoms with Crippen molar-refractivity contribution >= 4 is 22.9 Å². The number of aryl methyl sites for hydroxylation is 1. The van der Waals surface area contributed by atoms with Crippen molar-refractivity contribution in [2.24, 2.45) is 5.92 Å². The molecule has 1 amide bonds. The summed E-state index contributed by atoms with van der Waals surface area (Å²) in [6.07, 6.45) is 6.14. The maximum absolute atomic E-state index is 13.1. The molecule has 4 nitrogen and oxygen atoms in total. The molecule has 142 valence electrons. The Kier molecular flexibility index (Phi) is 4.32. The molecule has 0 radical (unpaired) electrons. The van der Waals surface area contributed by atoms with Gasteiger partial charge in [0.1, 0.15) is 0 Å². The summed E-state index contributed by atoms with van der Waals surface area (Å²) < 4.78 is 0. The zero-order valence-electron chi connectivity index (χ0n) is 16.1. The summed E-state index contributed by atoms with van der Waals surface area (Å²) >= 11 is 1.68. The van der Waals surface area contributed by atoms with Gasteiger partial charge in [-0.2, -0.15) is 0 Å². The monoisotopic (exact) mass is 381 g/mol. The zero-order chi connectivity index (χ0) is 18.5. The predicted molar refractivity (Wildman–Crippen MR) is 110 cm³/mol. The van der Waals surface area contributed by atoms with Crippen LogP contribution < -0.4 is 4.90 Å². The molecule has 2 aromatic rings. The summed E-state index contributed by atoms with van der Waals surface area (Å²) in [5, 5.41) is 3.20. The first-order valence-corrected chi connectivity index (χ1v) is 11.1. The molecule has 0 spiro atoms. The molecule has 5 rings (SSSR count). The molecule has 2 saturated carbocycles. The first-order valence-electron chi connectivity index (χ1n) is 10.2. The Labute approximate surface area is 165 Å². The van der Waals surface area contributed by atoms with Crippen LogP contribution in [-0.4, -0.2) is 41.0 Å². The van der Waals surface area contributed by atoms with Gasteiger partial charge in [0, 0.05) is 35.3 Å². The average Bonchev–Trinajstić information content (AvgIpc) is 3.59. The molecule has 1 aliphatic heterocycles. The van der Waals surface area contributed by atoms with Crippen LogP contribution in [0.5, 0.6) is 0 Å². The number of carbonyl (C=O) groups is 1. The number of aromatic nitrogens is 1. The lowest BCUT2D eigenvalue weighted by Crippen LogP contribution is -2.45. The quantitative estimate of drug-likeness (QED) is 0.750. The number of carbonyl (C=O) groups excluding carboxylic acids is 1. The van der Waals surface area contributed by atoms with Gasteiger partial charge in [-0.15, -0.1) is 11.3 Å². The van der Waals surface area contributed by atoms with Gasteiger partial charge in [-0.25, -0.2) is 4.98 Å². The molecule has 1 unspecified atom stereocenters. The van der Waals surface area contributed by atoms with Crippen LogP contribution in [0.4, 0.5) is 5.69 Å². The van der Waals surface area contributed by atoms with Crippen molar-refractivity contribution in [1.82, 2.24) is 9.88 Å². The molecule has 3 aliphatic rings. The van der Waals surface area contributed by atoms with Crippen LogP contribution >= 0.6 is 11.3 Å². The molecule has 0 saturated heterocycles. The van der Waals surface area contributed by atoms with Crippen LogP contribution in [0.25, 0.3) is 11.3 Å². The molecule has 2 heterocycles. The molecule has 1 atom stereocenters. The van der Waals surface area contributed by atoms with Gasteiger partial charge in [-0.3, -0.25) is 9.69 Å². The highest BCUT2D eigenvalue weighted by Gasteiger charge is 2.40. The van der Waals surface area contributed by atoms with Gasteiger partial charge < -0.3 is 4.90 Å². The van der Waals surface area contributed by atoms with Crippen molar-refractivity contribution < 1.29 is 4.79 Å². The Balaban J connectivity index is 1.33. The molecule has 0 N–H and O–H groups in total. The van der Waals surface area contributed by atoms with E-state index in [1.807, 2.05) is 11.8 Å². The van der Waals surface area contributed by atoms with E-state index in [-0.39, 0.29) is 5.91 Å². The highest BCUT2D eigenvalue weighted by atomic mass is 32.1. The summed E-state index contributed by atoms with van der Waals surface area (Å²) in [7, 11) is 0. The lowest BCUT2D eigenvalue weighted by atomic mass is 10.1. The maximum Gasteiger partial charge on any atom is 0.241 e. The number of rotatable bonds is 6. The Morgan fingerprint density at radius 1 is 1.33 bits per heavy atom. The number of hydrogen-bond donors (Lipinski definition) is 0. The topological polar surface area (TPSA) is 36.4 Å². The van der Waals surface area contributed by atoms with E-state index < -0.39 is 0 Å². The average molecular weight is 382 g/mol. The number of thiazole rings is 1. The minimum absolute atomic E-state index is 0.269. The Morgan fingerprint density at radius 2 is 2.15 bits per heavy atom. The Bertz CT molecular complexity index is 868. The Hall–Kier alpha value is -1.72. The van der Waals surface area contributed by atoms with E-state index in [2.05, 4.69) is 40.4 Å². The minimum atomic E-state index is 0.269. The van der Waals surface area contributed by atoms with E-state index >= 15 is 0 Å². The summed E-state index contributed by atoms with van der Waals surface area (Å²) in [5.41, 5.74) is 4.59. The largest absolute Gasteiger partial charge is 0.311 e. The fourth-order valence-electron chi connectivity index (χ4n) is 4.42. The SMILES string of the molecule is Cc1nc(-c2ccc3c(c2)CCN3C(=O)CN(C2CC2)C(C)C2CC2)cs1. The fraction of sp³-hybridized carbons (Fsp3) is 0.545. The molecule has 27 heavy (non-hydrogen) atoms. The van der Waals surface area contributed by atoms with E-state index in [1.165, 1.54) is 31.2 Å². The van der Waals surface area contributed by atoms with Crippen molar-refractivity contribution in [3.05, 3.63) is 34.2 Å². The zero-order valence-corrected chi connectivity index (χ0v) is 17.0. The van der Waals surface area contributed by atoms with Crippen molar-refractivity contribution in [2.75, 3.05) is 18.0 Å². The fourth-order valence-corrected chi connectivity index (χ4v) is 5.04. The number of amides is 1. The highest BCUT2D eigenvalue weighted by Crippen LogP contribution is 2.40. The van der Waals surface area contributed by atoms with Gasteiger partial charge in [0.25, 0.3) is 0 Å². The predicted octanol–water partition coefficient (Wildman–Crippen LogP) is 4.27. The number of nitrogens with zero attached hydrogens (tertiary/aromatic N) is 3. The molecule has 2 fully saturated rings. The number of benzene rings is 1. The molecule has 0 bridgehead atoms. The van der Waals surface area contributed by atoms with Gasteiger partial charge in [-0.1, -0.05) is 6.07 Å². The highest BCUT2D eigenvalue weighted by molar-refractivity contribution is 7.09. The van der Waals surface area contributed by atoms with Crippen LogP contribution in [0.1, 0.15) is 43.2 Å². The van der Waals surface area contributed by atoms with Crippen LogP contribution in [0.15, 0.2) is 23.6 Å². The van der Waals surface area contributed by atoms with Gasteiger partial charge in [0.15, 0.2) is 0 Å². The second-order valence-corrected chi connectivity index (χ2v) is 9.43. The van der Waals surface area contributed by atoms with Crippen molar-refractivity contribution in [1.29, 1.82) is 0 Å². The lowest BCUT2D eigenvalue weighted by Gasteiger charge is -2.30. The number of hydrogen-bond acceptors (Lipinski definition) is 4. The van der Waals surface area contributed by atoms with Crippen LogP contribution in [0.2, 0.25) is 0 Å². The second-order valence-electron chi connectivity index (χ2n) is 8.37. The number of fused-ring (bicyclic) bond motifs is 1. The van der Waals surface area contributed by atoms with E-state index in [9.17, 15) is 4.79 Å². The number of anilines is 1. The maximum atomic E-state index is 13.1. The molecular weight excluding hydrogens is 354 g/mol. The molecule has 1 aromatic carbocycles. The van der Waals surface area contributed by atoms with Crippen LogP contribution in [-0.2, 0) is 11.2 Å². The standard InChI is InChI=1S/C22H27N3OS/c1-14(16-3-4-16)25(19-6-7-19)12-22(26)24-10-9-18-11-17(5-8-21(18)24)20-13-27-15(2)23-20/h5,8,11,13-14,16,19H,3-4,6-7,9-10,12H2,1-2H3. The van der Waals surface area contributed by atoms with Crippen LogP contribution in [0, 0.1) is 12.8 Å². The van der Waals surface area contributed by atoms with Gasteiger partial charge in [0.2, 0.25) is 5.91 Å². The minimum Gasteiger partial charge on any atom is -0.311 e. The molecule has 2 aliphatic carbocycles. The van der Waals surface area contributed by atoms with Gasteiger partial charge >= 0.3 is 0 Å². The second kappa shape index (κ2) is 6.71. The van der Waals surface area contributed by atoms with E-state index in [0.717, 1.165) is 40.8 Å². The Morgan fingerprint density at radius 3 is 2.81 bits per heavy atom. The molecular formula is C22H27N3OS. The summed E-state index contributed by atoms with van der Waals surface area (Å²) in [5.74, 6) is 1.08. The smallest absolute Gasteiger partial charge is 0.241 e. The van der Waals surface area contributed by atoms with Crippen molar-refractivity contribution in [3.8, 4) is 11.3 Å². The third-order valence-corrected chi connectivity index (χ3v) is 7.13. The summed E-state index contributed by atoms with van der Waals surface area (Å²) in [6, 6.07) is 7.66. The third kappa shape index (κ3) is 3.43. The van der Waals surface area contributed by atoms with Gasteiger partial charge in [0.05, 0.1) is 17.2 Å². The van der Waals surface area contributed by atoms with E-state index in [0.29, 0.717) is 18.6 Å². The van der Waals surface area contributed by atoms with Crippen LogP contribution in [0.3, 0.4) is 0 Å². The van der Waals surface area contributed by atoms with E-state index in [1.54, 1.807) is 11.3 Å². The summed E-state index contributed by atoms with van der Waals surface area (Å²) in [6.45, 7) is 5.75. The summed E-state index contributed by atoms with van der Waals surface area (Å²) in [4.78, 5) is 22.2. The molecule has 1 aromatic heterocycles. The third-order valence-electron chi connectivity index (χ3n) is 6.35. The van der Waals surface area contributed by atoms with Crippen molar-refractivity contribution in [2.45, 2.75) is 58.0 Å². The van der Waals surface area contributed by atoms with Gasteiger partial charge in [-0.05, 0) is 69.6 Å².